The maximum absolute atomic E-state index is 12.6. The summed E-state index contributed by atoms with van der Waals surface area (Å²) in [6, 6.07) is 11.0. The number of benzene rings is 2. The summed E-state index contributed by atoms with van der Waals surface area (Å²) in [5, 5.41) is 7.80. The van der Waals surface area contributed by atoms with E-state index in [1.807, 2.05) is 30.9 Å². The van der Waals surface area contributed by atoms with Crippen molar-refractivity contribution < 1.29 is 14.1 Å². The van der Waals surface area contributed by atoms with Gasteiger partial charge in [0.2, 0.25) is 5.91 Å². The van der Waals surface area contributed by atoms with Crippen LogP contribution in [0.4, 0.5) is 5.69 Å². The molecule has 30 heavy (non-hydrogen) atoms. The van der Waals surface area contributed by atoms with Gasteiger partial charge in [-0.2, -0.15) is 0 Å². The number of carbonyl (C=O) groups excluding carboxylic acids is 2. The minimum absolute atomic E-state index is 0.0284. The Morgan fingerprint density at radius 3 is 2.40 bits per heavy atom. The minimum atomic E-state index is -0.179. The third-order valence-corrected chi connectivity index (χ3v) is 5.70. The number of rotatable bonds is 4. The summed E-state index contributed by atoms with van der Waals surface area (Å²) in [6.07, 6.45) is 0.122. The summed E-state index contributed by atoms with van der Waals surface area (Å²) >= 11 is 0. The molecule has 0 bridgehead atoms. The maximum Gasteiger partial charge on any atom is 0.253 e. The van der Waals surface area contributed by atoms with Gasteiger partial charge in [0.25, 0.3) is 5.91 Å². The van der Waals surface area contributed by atoms with E-state index in [1.54, 1.807) is 24.3 Å². The third-order valence-electron chi connectivity index (χ3n) is 5.70. The fourth-order valence-corrected chi connectivity index (χ4v) is 3.62. The standard InChI is InChI=1S/C23H26N4O3/c1-15-12-19-20(25-30-21(19)13-16(15)2)14-22(28)24-18-6-4-17(5-7-18)23(29)27-10-8-26(3)9-11-27/h4-7,12-13H,8-11,14H2,1-3H3,(H,24,28). The zero-order valence-corrected chi connectivity index (χ0v) is 17.6. The number of amides is 2. The van der Waals surface area contributed by atoms with E-state index in [2.05, 4.69) is 22.4 Å². The number of hydrogen-bond donors (Lipinski definition) is 1. The summed E-state index contributed by atoms with van der Waals surface area (Å²) in [6.45, 7) is 7.28. The quantitative estimate of drug-likeness (QED) is 0.721. The number of aromatic nitrogens is 1. The average Bonchev–Trinajstić information content (AvgIpc) is 3.10. The summed E-state index contributed by atoms with van der Waals surface area (Å²) in [5.41, 5.74) is 4.84. The first kappa shape index (κ1) is 20.1. The zero-order valence-electron chi connectivity index (χ0n) is 17.6. The van der Waals surface area contributed by atoms with Crippen LogP contribution in [0.25, 0.3) is 11.0 Å². The first-order valence-corrected chi connectivity index (χ1v) is 10.1. The van der Waals surface area contributed by atoms with Crippen LogP contribution in [0.3, 0.4) is 0 Å². The molecule has 0 saturated carbocycles. The molecule has 0 radical (unpaired) electrons. The van der Waals surface area contributed by atoms with Crippen molar-refractivity contribution in [2.24, 2.45) is 0 Å². The van der Waals surface area contributed by atoms with Crippen molar-refractivity contribution in [1.82, 2.24) is 15.0 Å². The van der Waals surface area contributed by atoms with Crippen LogP contribution in [0, 0.1) is 13.8 Å². The van der Waals surface area contributed by atoms with Gasteiger partial charge in [-0.15, -0.1) is 0 Å². The van der Waals surface area contributed by atoms with E-state index < -0.39 is 0 Å². The lowest BCUT2D eigenvalue weighted by molar-refractivity contribution is -0.115. The Labute approximate surface area is 175 Å². The van der Waals surface area contributed by atoms with Crippen LogP contribution in [0.2, 0.25) is 0 Å². The van der Waals surface area contributed by atoms with Crippen molar-refractivity contribution in [3.05, 3.63) is 58.8 Å². The molecule has 1 aromatic heterocycles. The van der Waals surface area contributed by atoms with E-state index in [1.165, 1.54) is 0 Å². The highest BCUT2D eigenvalue weighted by atomic mass is 16.5. The first-order chi connectivity index (χ1) is 14.4. The second-order valence-electron chi connectivity index (χ2n) is 7.96. The number of piperazine rings is 1. The molecule has 0 aliphatic carbocycles. The van der Waals surface area contributed by atoms with Crippen LogP contribution in [-0.4, -0.2) is 60.0 Å². The van der Waals surface area contributed by atoms with Gasteiger partial charge in [0.05, 0.1) is 6.42 Å². The van der Waals surface area contributed by atoms with Crippen molar-refractivity contribution >= 4 is 28.5 Å². The Hall–Kier alpha value is -3.19. The lowest BCUT2D eigenvalue weighted by atomic mass is 10.1. The molecule has 7 nitrogen and oxygen atoms in total. The van der Waals surface area contributed by atoms with Crippen molar-refractivity contribution in [3.63, 3.8) is 0 Å². The highest BCUT2D eigenvalue weighted by Crippen LogP contribution is 2.23. The van der Waals surface area contributed by atoms with Gasteiger partial charge in [-0.3, -0.25) is 9.59 Å². The number of hydrogen-bond acceptors (Lipinski definition) is 5. The number of nitrogens with zero attached hydrogens (tertiary/aromatic N) is 3. The predicted octanol–water partition coefficient (Wildman–Crippen LogP) is 3.01. The Balaban J connectivity index is 1.39. The topological polar surface area (TPSA) is 78.7 Å². The van der Waals surface area contributed by atoms with Gasteiger partial charge in [0.1, 0.15) is 5.69 Å². The Bertz CT molecular complexity index is 1080. The molecule has 0 unspecified atom stereocenters. The molecule has 3 aromatic rings. The number of aryl methyl sites for hydroxylation is 2. The third kappa shape index (κ3) is 4.21. The lowest BCUT2D eigenvalue weighted by Gasteiger charge is -2.32. The normalized spacial score (nSPS) is 14.8. The van der Waals surface area contributed by atoms with Crippen molar-refractivity contribution in [2.45, 2.75) is 20.3 Å². The monoisotopic (exact) mass is 406 g/mol. The molecule has 1 fully saturated rings. The second kappa shape index (κ2) is 8.28. The Kier molecular flexibility index (Phi) is 5.55. The van der Waals surface area contributed by atoms with Gasteiger partial charge in [0.15, 0.2) is 5.58 Å². The maximum atomic E-state index is 12.6. The van der Waals surface area contributed by atoms with Gasteiger partial charge in [-0.1, -0.05) is 5.16 Å². The zero-order chi connectivity index (χ0) is 21.3. The Morgan fingerprint density at radius 2 is 1.70 bits per heavy atom. The number of nitrogens with one attached hydrogen (secondary N) is 1. The molecule has 2 aromatic carbocycles. The van der Waals surface area contributed by atoms with Gasteiger partial charge in [-0.05, 0) is 68.4 Å². The van der Waals surface area contributed by atoms with E-state index >= 15 is 0 Å². The molecule has 1 saturated heterocycles. The van der Waals surface area contributed by atoms with Crippen LogP contribution in [0.15, 0.2) is 40.9 Å². The van der Waals surface area contributed by atoms with Gasteiger partial charge in [-0.25, -0.2) is 0 Å². The number of fused-ring (bicyclic) bond motifs is 1. The minimum Gasteiger partial charge on any atom is -0.356 e. The summed E-state index contributed by atoms with van der Waals surface area (Å²) < 4.78 is 5.37. The van der Waals surface area contributed by atoms with E-state index in [0.29, 0.717) is 22.5 Å². The lowest BCUT2D eigenvalue weighted by Crippen LogP contribution is -2.47. The highest BCUT2D eigenvalue weighted by molar-refractivity contribution is 5.97. The molecule has 0 atom stereocenters. The number of carbonyl (C=O) groups is 2. The molecule has 4 rings (SSSR count). The highest BCUT2D eigenvalue weighted by Gasteiger charge is 2.20. The molecule has 1 aliphatic heterocycles. The molecule has 1 aliphatic rings. The SMILES string of the molecule is Cc1cc2onc(CC(=O)Nc3ccc(C(=O)N4CCN(C)CC4)cc3)c2cc1C. The van der Waals surface area contributed by atoms with E-state index in [0.717, 1.165) is 42.7 Å². The fourth-order valence-electron chi connectivity index (χ4n) is 3.62. The van der Waals surface area contributed by atoms with Gasteiger partial charge in [0, 0.05) is 42.8 Å². The van der Waals surface area contributed by atoms with Crippen LogP contribution in [0.5, 0.6) is 0 Å². The largest absolute Gasteiger partial charge is 0.356 e. The van der Waals surface area contributed by atoms with Gasteiger partial charge >= 0.3 is 0 Å². The van der Waals surface area contributed by atoms with Crippen molar-refractivity contribution in [2.75, 3.05) is 38.5 Å². The molecule has 7 heteroatoms. The summed E-state index contributed by atoms with van der Waals surface area (Å²) in [7, 11) is 2.06. The molecule has 156 valence electrons. The van der Waals surface area contributed by atoms with Crippen LogP contribution in [-0.2, 0) is 11.2 Å². The first-order valence-electron chi connectivity index (χ1n) is 10.1. The van der Waals surface area contributed by atoms with Crippen molar-refractivity contribution in [1.29, 1.82) is 0 Å². The molecule has 2 amide bonds. The summed E-state index contributed by atoms with van der Waals surface area (Å²) in [5.74, 6) is -0.151. The molecular weight excluding hydrogens is 380 g/mol. The van der Waals surface area contributed by atoms with Gasteiger partial charge < -0.3 is 19.6 Å². The van der Waals surface area contributed by atoms with Crippen LogP contribution in [0.1, 0.15) is 27.2 Å². The average molecular weight is 406 g/mol. The summed E-state index contributed by atoms with van der Waals surface area (Å²) in [4.78, 5) is 29.2. The van der Waals surface area contributed by atoms with E-state index in [9.17, 15) is 9.59 Å². The smallest absolute Gasteiger partial charge is 0.253 e. The molecule has 0 spiro atoms. The van der Waals surface area contributed by atoms with E-state index in [4.69, 9.17) is 4.52 Å². The number of anilines is 1. The molecule has 1 N–H and O–H groups in total. The molecule has 2 heterocycles. The number of likely N-dealkylation sites (N-methyl/N-ethyl adjacent to an activating group) is 1. The van der Waals surface area contributed by atoms with Crippen molar-refractivity contribution in [3.8, 4) is 0 Å². The fraction of sp³-hybridized carbons (Fsp3) is 0.348. The van der Waals surface area contributed by atoms with E-state index in [-0.39, 0.29) is 18.2 Å². The Morgan fingerprint density at radius 1 is 1.03 bits per heavy atom. The van der Waals surface area contributed by atoms with Crippen LogP contribution >= 0.6 is 0 Å². The van der Waals surface area contributed by atoms with Crippen LogP contribution < -0.4 is 5.32 Å². The molecular formula is C23H26N4O3. The second-order valence-corrected chi connectivity index (χ2v) is 7.96. The predicted molar refractivity (Wildman–Crippen MR) is 116 cm³/mol.